The zero-order valence-corrected chi connectivity index (χ0v) is 12.8. The van der Waals surface area contributed by atoms with Crippen molar-refractivity contribution in [3.05, 3.63) is 29.8 Å². The molecule has 0 radical (unpaired) electrons. The van der Waals surface area contributed by atoms with Crippen LogP contribution in [-0.2, 0) is 16.1 Å². The number of unbranched alkanes of at least 4 members (excludes halogenated alkanes) is 3. The van der Waals surface area contributed by atoms with Gasteiger partial charge in [0.15, 0.2) is 0 Å². The van der Waals surface area contributed by atoms with Gasteiger partial charge in [0.05, 0.1) is 7.11 Å². The van der Waals surface area contributed by atoms with Crippen LogP contribution in [0.2, 0.25) is 0 Å². The van der Waals surface area contributed by atoms with E-state index in [0.717, 1.165) is 37.0 Å². The summed E-state index contributed by atoms with van der Waals surface area (Å²) in [6.45, 7) is 3.01. The largest absolute Gasteiger partial charge is 0.497 e. The van der Waals surface area contributed by atoms with Crippen LogP contribution in [0.5, 0.6) is 5.75 Å². The van der Waals surface area contributed by atoms with Gasteiger partial charge in [0, 0.05) is 13.1 Å². The molecule has 1 aromatic carbocycles. The first kappa shape index (κ1) is 17.0. The second kappa shape index (κ2) is 9.80. The molecule has 0 heterocycles. The van der Waals surface area contributed by atoms with E-state index < -0.39 is 11.8 Å². The van der Waals surface area contributed by atoms with Crippen molar-refractivity contribution >= 4 is 11.8 Å². The van der Waals surface area contributed by atoms with E-state index in [0.29, 0.717) is 13.1 Å². The predicted molar refractivity (Wildman–Crippen MR) is 82.0 cm³/mol. The van der Waals surface area contributed by atoms with Gasteiger partial charge in [-0.05, 0) is 24.1 Å². The molecule has 0 aliphatic heterocycles. The van der Waals surface area contributed by atoms with Gasteiger partial charge in [0.2, 0.25) is 0 Å². The third kappa shape index (κ3) is 6.79. The van der Waals surface area contributed by atoms with E-state index in [1.165, 1.54) is 0 Å². The number of hydrogen-bond donors (Lipinski definition) is 2. The molecule has 0 aliphatic carbocycles. The van der Waals surface area contributed by atoms with Crippen molar-refractivity contribution in [3.63, 3.8) is 0 Å². The zero-order chi connectivity index (χ0) is 15.5. The van der Waals surface area contributed by atoms with Gasteiger partial charge in [0.25, 0.3) is 0 Å². The number of benzene rings is 1. The minimum Gasteiger partial charge on any atom is -0.497 e. The molecule has 0 aromatic heterocycles. The summed E-state index contributed by atoms with van der Waals surface area (Å²) in [5.74, 6) is -0.406. The Labute approximate surface area is 126 Å². The number of amides is 2. The number of carbonyl (C=O) groups is 2. The number of rotatable bonds is 8. The third-order valence-corrected chi connectivity index (χ3v) is 3.13. The molecule has 2 N–H and O–H groups in total. The van der Waals surface area contributed by atoms with Crippen molar-refractivity contribution in [2.75, 3.05) is 13.7 Å². The maximum atomic E-state index is 11.6. The molecule has 2 amide bonds. The van der Waals surface area contributed by atoms with Crippen molar-refractivity contribution in [1.29, 1.82) is 0 Å². The Morgan fingerprint density at radius 2 is 1.67 bits per heavy atom. The molecule has 0 aliphatic rings. The average molecular weight is 292 g/mol. The standard InChI is InChI=1S/C16H24N2O3/c1-3-4-5-6-11-17-15(19)16(20)18-12-13-7-9-14(21-2)10-8-13/h7-10H,3-6,11-12H2,1-2H3,(H,17,19)(H,18,20). The molecule has 0 bridgehead atoms. The lowest BCUT2D eigenvalue weighted by Gasteiger charge is -2.07. The molecule has 0 fully saturated rings. The first-order chi connectivity index (χ1) is 10.2. The van der Waals surface area contributed by atoms with Crippen molar-refractivity contribution in [2.24, 2.45) is 0 Å². The van der Waals surface area contributed by atoms with Crippen molar-refractivity contribution in [2.45, 2.75) is 39.2 Å². The molecule has 0 saturated heterocycles. The third-order valence-electron chi connectivity index (χ3n) is 3.13. The fourth-order valence-corrected chi connectivity index (χ4v) is 1.84. The average Bonchev–Trinajstić information content (AvgIpc) is 2.52. The van der Waals surface area contributed by atoms with Gasteiger partial charge >= 0.3 is 11.8 Å². The second-order valence-electron chi connectivity index (χ2n) is 4.85. The number of methoxy groups -OCH3 is 1. The minimum atomic E-state index is -0.596. The summed E-state index contributed by atoms with van der Waals surface area (Å²) in [4.78, 5) is 23.2. The van der Waals surface area contributed by atoms with Gasteiger partial charge in [-0.15, -0.1) is 0 Å². The molecule has 1 rings (SSSR count). The molecular formula is C16H24N2O3. The predicted octanol–water partition coefficient (Wildman–Crippen LogP) is 2.01. The topological polar surface area (TPSA) is 67.4 Å². The highest BCUT2D eigenvalue weighted by Gasteiger charge is 2.11. The van der Waals surface area contributed by atoms with Crippen LogP contribution in [0, 0.1) is 0 Å². The van der Waals surface area contributed by atoms with Crippen LogP contribution in [0.1, 0.15) is 38.2 Å². The highest BCUT2D eigenvalue weighted by molar-refractivity contribution is 6.35. The molecule has 0 spiro atoms. The van der Waals surface area contributed by atoms with E-state index in [2.05, 4.69) is 17.6 Å². The van der Waals surface area contributed by atoms with E-state index in [1.807, 2.05) is 24.3 Å². The maximum Gasteiger partial charge on any atom is 0.309 e. The Bertz CT molecular complexity index is 443. The SMILES string of the molecule is CCCCCCNC(=O)C(=O)NCc1ccc(OC)cc1. The minimum absolute atomic E-state index is 0.325. The Kier molecular flexibility index (Phi) is 7.94. The van der Waals surface area contributed by atoms with Gasteiger partial charge in [-0.2, -0.15) is 0 Å². The summed E-state index contributed by atoms with van der Waals surface area (Å²) < 4.78 is 5.05. The first-order valence-electron chi connectivity index (χ1n) is 7.36. The molecule has 5 nitrogen and oxygen atoms in total. The summed E-state index contributed by atoms with van der Waals surface area (Å²) >= 11 is 0. The quantitative estimate of drug-likeness (QED) is 0.569. The van der Waals surface area contributed by atoms with E-state index in [-0.39, 0.29) is 0 Å². The molecule has 0 unspecified atom stereocenters. The fraction of sp³-hybridized carbons (Fsp3) is 0.500. The summed E-state index contributed by atoms with van der Waals surface area (Å²) in [6.07, 6.45) is 4.28. The van der Waals surface area contributed by atoms with Gasteiger partial charge in [-0.25, -0.2) is 0 Å². The Morgan fingerprint density at radius 1 is 1.00 bits per heavy atom. The Morgan fingerprint density at radius 3 is 2.29 bits per heavy atom. The molecular weight excluding hydrogens is 268 g/mol. The molecule has 116 valence electrons. The Balaban J connectivity index is 2.24. The van der Waals surface area contributed by atoms with Gasteiger partial charge in [-0.1, -0.05) is 38.3 Å². The van der Waals surface area contributed by atoms with Crippen LogP contribution in [0.15, 0.2) is 24.3 Å². The summed E-state index contributed by atoms with van der Waals surface area (Å²) in [5, 5.41) is 5.22. The summed E-state index contributed by atoms with van der Waals surface area (Å²) in [7, 11) is 1.60. The molecule has 0 saturated carbocycles. The van der Waals surface area contributed by atoms with E-state index >= 15 is 0 Å². The lowest BCUT2D eigenvalue weighted by molar-refractivity contribution is -0.139. The van der Waals surface area contributed by atoms with Crippen LogP contribution in [-0.4, -0.2) is 25.5 Å². The number of hydrogen-bond acceptors (Lipinski definition) is 3. The number of carbonyl (C=O) groups excluding carboxylic acids is 2. The number of ether oxygens (including phenoxy) is 1. The molecule has 1 aromatic rings. The second-order valence-corrected chi connectivity index (χ2v) is 4.85. The highest BCUT2D eigenvalue weighted by Crippen LogP contribution is 2.10. The lowest BCUT2D eigenvalue weighted by Crippen LogP contribution is -2.39. The Hall–Kier alpha value is -2.04. The number of nitrogens with one attached hydrogen (secondary N) is 2. The van der Waals surface area contributed by atoms with E-state index in [4.69, 9.17) is 4.74 Å². The smallest absolute Gasteiger partial charge is 0.309 e. The summed E-state index contributed by atoms with van der Waals surface area (Å²) in [5.41, 5.74) is 0.917. The molecule has 5 heteroatoms. The van der Waals surface area contributed by atoms with E-state index in [9.17, 15) is 9.59 Å². The van der Waals surface area contributed by atoms with Gasteiger partial charge in [-0.3, -0.25) is 9.59 Å². The first-order valence-corrected chi connectivity index (χ1v) is 7.36. The molecule has 21 heavy (non-hydrogen) atoms. The van der Waals surface area contributed by atoms with Crippen LogP contribution in [0.3, 0.4) is 0 Å². The van der Waals surface area contributed by atoms with Crippen molar-refractivity contribution in [3.8, 4) is 5.75 Å². The van der Waals surface area contributed by atoms with Crippen LogP contribution in [0.25, 0.3) is 0 Å². The van der Waals surface area contributed by atoms with E-state index in [1.54, 1.807) is 7.11 Å². The highest BCUT2D eigenvalue weighted by atomic mass is 16.5. The summed E-state index contributed by atoms with van der Waals surface area (Å²) in [6, 6.07) is 7.33. The van der Waals surface area contributed by atoms with Gasteiger partial charge < -0.3 is 15.4 Å². The normalized spacial score (nSPS) is 10.0. The maximum absolute atomic E-state index is 11.6. The zero-order valence-electron chi connectivity index (χ0n) is 12.8. The lowest BCUT2D eigenvalue weighted by atomic mass is 10.2. The molecule has 0 atom stereocenters. The van der Waals surface area contributed by atoms with Crippen molar-refractivity contribution < 1.29 is 14.3 Å². The monoisotopic (exact) mass is 292 g/mol. The fourth-order valence-electron chi connectivity index (χ4n) is 1.84. The van der Waals surface area contributed by atoms with Crippen LogP contribution in [0.4, 0.5) is 0 Å². The van der Waals surface area contributed by atoms with Crippen molar-refractivity contribution in [1.82, 2.24) is 10.6 Å². The van der Waals surface area contributed by atoms with Crippen LogP contribution < -0.4 is 15.4 Å². The van der Waals surface area contributed by atoms with Crippen LogP contribution >= 0.6 is 0 Å². The van der Waals surface area contributed by atoms with Gasteiger partial charge in [0.1, 0.15) is 5.75 Å².